The molecule has 82 valence electrons. The third-order valence-corrected chi connectivity index (χ3v) is 2.93. The molecule has 2 heterocycles. The summed E-state index contributed by atoms with van der Waals surface area (Å²) in [5.74, 6) is 0.0406. The van der Waals surface area contributed by atoms with Gasteiger partial charge in [0.05, 0.1) is 11.8 Å². The Labute approximate surface area is 89.0 Å². The summed E-state index contributed by atoms with van der Waals surface area (Å²) in [6.07, 6.45) is 6.26. The van der Waals surface area contributed by atoms with Crippen LogP contribution in [0.15, 0.2) is 23.0 Å². The molecular formula is C11H16N2O2. The highest BCUT2D eigenvalue weighted by Crippen LogP contribution is 2.19. The van der Waals surface area contributed by atoms with Gasteiger partial charge in [-0.05, 0) is 25.3 Å². The lowest BCUT2D eigenvalue weighted by Gasteiger charge is -2.34. The lowest BCUT2D eigenvalue weighted by Crippen LogP contribution is -2.47. The number of hydrogen-bond acceptors (Lipinski definition) is 3. The monoisotopic (exact) mass is 208 g/mol. The molecular weight excluding hydrogens is 192 g/mol. The van der Waals surface area contributed by atoms with Crippen LogP contribution in [0.1, 0.15) is 29.6 Å². The van der Waals surface area contributed by atoms with Crippen LogP contribution in [-0.4, -0.2) is 29.9 Å². The molecule has 1 aromatic heterocycles. The van der Waals surface area contributed by atoms with E-state index in [1.807, 2.05) is 4.90 Å². The fourth-order valence-electron chi connectivity index (χ4n) is 2.06. The van der Waals surface area contributed by atoms with Crippen molar-refractivity contribution in [2.45, 2.75) is 25.3 Å². The maximum absolute atomic E-state index is 12.0. The second kappa shape index (κ2) is 4.49. The summed E-state index contributed by atoms with van der Waals surface area (Å²) in [7, 11) is 0. The second-order valence-electron chi connectivity index (χ2n) is 3.90. The lowest BCUT2D eigenvalue weighted by atomic mass is 10.0. The van der Waals surface area contributed by atoms with E-state index in [9.17, 15) is 4.79 Å². The number of likely N-dealkylation sites (tertiary alicyclic amines) is 1. The smallest absolute Gasteiger partial charge is 0.257 e. The molecule has 4 nitrogen and oxygen atoms in total. The topological polar surface area (TPSA) is 59.5 Å². The van der Waals surface area contributed by atoms with Crippen LogP contribution in [0.3, 0.4) is 0 Å². The van der Waals surface area contributed by atoms with E-state index in [0.29, 0.717) is 12.1 Å². The highest BCUT2D eigenvalue weighted by molar-refractivity contribution is 5.94. The Morgan fingerprint density at radius 3 is 3.13 bits per heavy atom. The Hall–Kier alpha value is -1.29. The van der Waals surface area contributed by atoms with E-state index in [1.165, 1.54) is 12.5 Å². The van der Waals surface area contributed by atoms with Gasteiger partial charge in [0.2, 0.25) is 0 Å². The normalized spacial score (nSPS) is 21.7. The van der Waals surface area contributed by atoms with Crippen molar-refractivity contribution in [3.8, 4) is 0 Å². The van der Waals surface area contributed by atoms with Gasteiger partial charge in [-0.1, -0.05) is 0 Å². The average Bonchev–Trinajstić information content (AvgIpc) is 2.81. The highest BCUT2D eigenvalue weighted by atomic mass is 16.3. The minimum atomic E-state index is 0.0406. The SMILES string of the molecule is NCC1CCCCN1C(=O)c1ccoc1. The minimum Gasteiger partial charge on any atom is -0.472 e. The van der Waals surface area contributed by atoms with E-state index in [1.54, 1.807) is 6.07 Å². The van der Waals surface area contributed by atoms with Crippen molar-refractivity contribution in [2.75, 3.05) is 13.1 Å². The standard InChI is InChI=1S/C11H16N2O2/c12-7-10-3-1-2-5-13(10)11(14)9-4-6-15-8-9/h4,6,8,10H,1-3,5,7,12H2. The van der Waals surface area contributed by atoms with E-state index in [-0.39, 0.29) is 11.9 Å². The molecule has 4 heteroatoms. The molecule has 2 N–H and O–H groups in total. The fraction of sp³-hybridized carbons (Fsp3) is 0.545. The molecule has 0 saturated carbocycles. The number of carbonyl (C=O) groups excluding carboxylic acids is 1. The maximum Gasteiger partial charge on any atom is 0.257 e. The Bertz CT molecular complexity index is 321. The molecule has 1 fully saturated rings. The first-order valence-electron chi connectivity index (χ1n) is 5.36. The molecule has 1 aromatic rings. The average molecular weight is 208 g/mol. The van der Waals surface area contributed by atoms with Crippen LogP contribution in [-0.2, 0) is 0 Å². The van der Waals surface area contributed by atoms with Crippen LogP contribution in [0, 0.1) is 0 Å². The van der Waals surface area contributed by atoms with E-state index in [0.717, 1.165) is 25.8 Å². The molecule has 1 unspecified atom stereocenters. The van der Waals surface area contributed by atoms with Crippen LogP contribution in [0.25, 0.3) is 0 Å². The predicted octanol–water partition coefficient (Wildman–Crippen LogP) is 1.23. The molecule has 0 aromatic carbocycles. The third kappa shape index (κ3) is 2.04. The molecule has 0 bridgehead atoms. The van der Waals surface area contributed by atoms with Crippen molar-refractivity contribution in [3.63, 3.8) is 0 Å². The van der Waals surface area contributed by atoms with E-state index < -0.39 is 0 Å². The van der Waals surface area contributed by atoms with Gasteiger partial charge in [-0.3, -0.25) is 4.79 Å². The van der Waals surface area contributed by atoms with Gasteiger partial charge in [0.25, 0.3) is 5.91 Å². The number of hydrogen-bond donors (Lipinski definition) is 1. The number of nitrogens with zero attached hydrogens (tertiary/aromatic N) is 1. The van der Waals surface area contributed by atoms with Gasteiger partial charge in [-0.25, -0.2) is 0 Å². The van der Waals surface area contributed by atoms with Gasteiger partial charge >= 0.3 is 0 Å². The third-order valence-electron chi connectivity index (χ3n) is 2.93. The molecule has 0 radical (unpaired) electrons. The van der Waals surface area contributed by atoms with E-state index >= 15 is 0 Å². The Morgan fingerprint density at radius 2 is 2.47 bits per heavy atom. The number of piperidine rings is 1. The highest BCUT2D eigenvalue weighted by Gasteiger charge is 2.26. The van der Waals surface area contributed by atoms with Crippen molar-refractivity contribution in [1.82, 2.24) is 4.90 Å². The largest absolute Gasteiger partial charge is 0.472 e. The van der Waals surface area contributed by atoms with Crippen LogP contribution in [0.2, 0.25) is 0 Å². The van der Waals surface area contributed by atoms with Crippen molar-refractivity contribution >= 4 is 5.91 Å². The van der Waals surface area contributed by atoms with Gasteiger partial charge in [0, 0.05) is 19.1 Å². The van der Waals surface area contributed by atoms with Gasteiger partial charge < -0.3 is 15.1 Å². The summed E-state index contributed by atoms with van der Waals surface area (Å²) >= 11 is 0. The van der Waals surface area contributed by atoms with Crippen molar-refractivity contribution in [1.29, 1.82) is 0 Å². The molecule has 0 aliphatic carbocycles. The molecule has 1 atom stereocenters. The van der Waals surface area contributed by atoms with Crippen LogP contribution in [0.4, 0.5) is 0 Å². The number of carbonyl (C=O) groups is 1. The maximum atomic E-state index is 12.0. The Morgan fingerprint density at radius 1 is 1.60 bits per heavy atom. The molecule has 1 amide bonds. The molecule has 0 spiro atoms. The molecule has 2 rings (SSSR count). The zero-order valence-electron chi connectivity index (χ0n) is 8.69. The first kappa shape index (κ1) is 10.2. The van der Waals surface area contributed by atoms with Crippen LogP contribution in [0.5, 0.6) is 0 Å². The second-order valence-corrected chi connectivity index (χ2v) is 3.90. The Balaban J connectivity index is 2.11. The molecule has 1 aliphatic heterocycles. The molecule has 1 saturated heterocycles. The molecule has 1 aliphatic rings. The predicted molar refractivity (Wildman–Crippen MR) is 56.4 cm³/mol. The van der Waals surface area contributed by atoms with E-state index in [2.05, 4.69) is 0 Å². The van der Waals surface area contributed by atoms with Gasteiger partial charge in [-0.15, -0.1) is 0 Å². The molecule has 15 heavy (non-hydrogen) atoms. The van der Waals surface area contributed by atoms with E-state index in [4.69, 9.17) is 10.2 Å². The van der Waals surface area contributed by atoms with Gasteiger partial charge in [-0.2, -0.15) is 0 Å². The van der Waals surface area contributed by atoms with Crippen LogP contribution < -0.4 is 5.73 Å². The number of rotatable bonds is 2. The number of nitrogens with two attached hydrogens (primary N) is 1. The van der Waals surface area contributed by atoms with Crippen molar-refractivity contribution < 1.29 is 9.21 Å². The summed E-state index contributed by atoms with van der Waals surface area (Å²) in [6, 6.07) is 1.89. The van der Waals surface area contributed by atoms with Gasteiger partial charge in [0.15, 0.2) is 0 Å². The number of amides is 1. The van der Waals surface area contributed by atoms with Crippen molar-refractivity contribution in [3.05, 3.63) is 24.2 Å². The van der Waals surface area contributed by atoms with Gasteiger partial charge in [0.1, 0.15) is 6.26 Å². The lowest BCUT2D eigenvalue weighted by molar-refractivity contribution is 0.0622. The summed E-state index contributed by atoms with van der Waals surface area (Å²) in [6.45, 7) is 1.36. The summed E-state index contributed by atoms with van der Waals surface area (Å²) in [4.78, 5) is 13.9. The summed E-state index contributed by atoms with van der Waals surface area (Å²) in [5, 5.41) is 0. The zero-order chi connectivity index (χ0) is 10.7. The van der Waals surface area contributed by atoms with Crippen molar-refractivity contribution in [2.24, 2.45) is 5.73 Å². The fourth-order valence-corrected chi connectivity index (χ4v) is 2.06. The first-order valence-corrected chi connectivity index (χ1v) is 5.36. The summed E-state index contributed by atoms with van der Waals surface area (Å²) in [5.41, 5.74) is 6.29. The van der Waals surface area contributed by atoms with Crippen LogP contribution >= 0.6 is 0 Å². The summed E-state index contributed by atoms with van der Waals surface area (Å²) < 4.78 is 4.92. The number of furan rings is 1. The zero-order valence-corrected chi connectivity index (χ0v) is 8.69. The quantitative estimate of drug-likeness (QED) is 0.795. The minimum absolute atomic E-state index is 0.0406. The first-order chi connectivity index (χ1) is 7.33. The Kier molecular flexibility index (Phi) is 3.06.